The van der Waals surface area contributed by atoms with Gasteiger partial charge in [-0.3, -0.25) is 4.68 Å². The number of nitrogens with zero attached hydrogens (tertiary/aromatic N) is 2. The van der Waals surface area contributed by atoms with Gasteiger partial charge in [0.25, 0.3) is 0 Å². The van der Waals surface area contributed by atoms with Gasteiger partial charge in [-0.1, -0.05) is 0 Å². The van der Waals surface area contributed by atoms with E-state index in [9.17, 15) is 0 Å². The number of hydrogen-bond donors (Lipinski definition) is 1. The molecule has 2 heterocycles. The zero-order valence-electron chi connectivity index (χ0n) is 8.81. The van der Waals surface area contributed by atoms with Gasteiger partial charge in [0, 0.05) is 24.8 Å². The zero-order chi connectivity index (χ0) is 10.5. The highest BCUT2D eigenvalue weighted by Crippen LogP contribution is 1.98. The van der Waals surface area contributed by atoms with Gasteiger partial charge in [-0.2, -0.15) is 5.10 Å². The molecule has 0 aliphatic heterocycles. The maximum absolute atomic E-state index is 4.98. The monoisotopic (exact) mass is 205 g/mol. The van der Waals surface area contributed by atoms with Crippen LogP contribution in [0.25, 0.3) is 0 Å². The Labute approximate surface area is 88.9 Å². The molecule has 2 aromatic heterocycles. The van der Waals surface area contributed by atoms with Crippen molar-refractivity contribution in [1.29, 1.82) is 0 Å². The summed E-state index contributed by atoms with van der Waals surface area (Å²) in [6.45, 7) is 4.69. The van der Waals surface area contributed by atoms with Crippen molar-refractivity contribution in [1.82, 2.24) is 15.1 Å². The van der Waals surface area contributed by atoms with Gasteiger partial charge < -0.3 is 9.73 Å². The minimum absolute atomic E-state index is 0.844. The van der Waals surface area contributed by atoms with E-state index in [1.165, 1.54) is 11.1 Å². The van der Waals surface area contributed by atoms with Crippen LogP contribution in [0.5, 0.6) is 0 Å². The Balaban J connectivity index is 1.67. The summed E-state index contributed by atoms with van der Waals surface area (Å²) in [4.78, 5) is 0. The van der Waals surface area contributed by atoms with Gasteiger partial charge in [0.2, 0.25) is 0 Å². The lowest BCUT2D eigenvalue weighted by Crippen LogP contribution is -2.19. The van der Waals surface area contributed by atoms with Crippen LogP contribution in [0, 0.1) is 6.92 Å². The number of aryl methyl sites for hydroxylation is 1. The highest BCUT2D eigenvalue weighted by atomic mass is 16.3. The van der Waals surface area contributed by atoms with E-state index < -0.39 is 0 Å². The molecule has 0 aliphatic carbocycles. The molecule has 2 rings (SSSR count). The van der Waals surface area contributed by atoms with Crippen molar-refractivity contribution in [2.45, 2.75) is 20.0 Å². The largest absolute Gasteiger partial charge is 0.472 e. The van der Waals surface area contributed by atoms with E-state index in [4.69, 9.17) is 4.42 Å². The fourth-order valence-corrected chi connectivity index (χ4v) is 1.41. The molecule has 0 bridgehead atoms. The van der Waals surface area contributed by atoms with Crippen LogP contribution in [0.1, 0.15) is 11.1 Å². The molecule has 1 N–H and O–H groups in total. The molecule has 0 aromatic carbocycles. The molecular weight excluding hydrogens is 190 g/mol. The lowest BCUT2D eigenvalue weighted by Gasteiger charge is -2.02. The van der Waals surface area contributed by atoms with Crippen molar-refractivity contribution in [2.75, 3.05) is 6.54 Å². The first-order valence-electron chi connectivity index (χ1n) is 5.05. The van der Waals surface area contributed by atoms with Crippen LogP contribution < -0.4 is 5.32 Å². The smallest absolute Gasteiger partial charge is 0.0947 e. The van der Waals surface area contributed by atoms with Gasteiger partial charge in [0.15, 0.2) is 0 Å². The third-order valence-corrected chi connectivity index (χ3v) is 2.19. The summed E-state index contributed by atoms with van der Waals surface area (Å²) in [5.74, 6) is 0. The van der Waals surface area contributed by atoms with Crippen LogP contribution in [0.15, 0.2) is 35.4 Å². The minimum Gasteiger partial charge on any atom is -0.472 e. The normalized spacial score (nSPS) is 10.7. The molecule has 0 fully saturated rings. The van der Waals surface area contributed by atoms with Crippen LogP contribution in [0.4, 0.5) is 0 Å². The Hall–Kier alpha value is -1.55. The van der Waals surface area contributed by atoms with Crippen LogP contribution in [-0.2, 0) is 13.1 Å². The van der Waals surface area contributed by atoms with Crippen molar-refractivity contribution in [3.8, 4) is 0 Å². The Morgan fingerprint density at radius 3 is 3.13 bits per heavy atom. The Morgan fingerprint density at radius 1 is 1.53 bits per heavy atom. The molecule has 15 heavy (non-hydrogen) atoms. The first-order chi connectivity index (χ1) is 7.34. The van der Waals surface area contributed by atoms with E-state index in [-0.39, 0.29) is 0 Å². The van der Waals surface area contributed by atoms with Gasteiger partial charge in [-0.05, 0) is 18.6 Å². The summed E-state index contributed by atoms with van der Waals surface area (Å²) in [5.41, 5.74) is 2.37. The van der Waals surface area contributed by atoms with Crippen molar-refractivity contribution < 1.29 is 4.42 Å². The lowest BCUT2D eigenvalue weighted by atomic mass is 10.3. The maximum atomic E-state index is 4.98. The highest BCUT2D eigenvalue weighted by Gasteiger charge is 1.95. The summed E-state index contributed by atoms with van der Waals surface area (Å²) in [6.07, 6.45) is 7.36. The summed E-state index contributed by atoms with van der Waals surface area (Å²) < 4.78 is 6.92. The molecule has 0 unspecified atom stereocenters. The average molecular weight is 205 g/mol. The predicted octanol–water partition coefficient (Wildman–Crippen LogP) is 1.57. The molecule has 0 amide bonds. The number of nitrogens with one attached hydrogen (secondary N) is 1. The standard InChI is InChI=1S/C11H15N3O/c1-10-6-13-14(8-10)4-3-12-7-11-2-5-15-9-11/h2,5-6,8-9,12H,3-4,7H2,1H3. The molecule has 4 nitrogen and oxygen atoms in total. The van der Waals surface area contributed by atoms with Crippen molar-refractivity contribution in [3.05, 3.63) is 42.1 Å². The van der Waals surface area contributed by atoms with Gasteiger partial charge in [0.05, 0.1) is 25.3 Å². The molecule has 0 radical (unpaired) electrons. The molecule has 2 aromatic rings. The molecular formula is C11H15N3O. The number of rotatable bonds is 5. The maximum Gasteiger partial charge on any atom is 0.0947 e. The topological polar surface area (TPSA) is 43.0 Å². The highest BCUT2D eigenvalue weighted by molar-refractivity contribution is 5.04. The summed E-state index contributed by atoms with van der Waals surface area (Å²) in [6, 6.07) is 1.96. The summed E-state index contributed by atoms with van der Waals surface area (Å²) in [5, 5.41) is 7.53. The van der Waals surface area contributed by atoms with E-state index in [0.717, 1.165) is 19.6 Å². The van der Waals surface area contributed by atoms with Crippen LogP contribution in [0.3, 0.4) is 0 Å². The van der Waals surface area contributed by atoms with Gasteiger partial charge in [-0.25, -0.2) is 0 Å². The fraction of sp³-hybridized carbons (Fsp3) is 0.364. The second-order valence-electron chi connectivity index (χ2n) is 3.59. The molecule has 0 saturated heterocycles. The van der Waals surface area contributed by atoms with Crippen molar-refractivity contribution >= 4 is 0 Å². The van der Waals surface area contributed by atoms with E-state index >= 15 is 0 Å². The molecule has 0 aliphatic rings. The van der Waals surface area contributed by atoms with Gasteiger partial charge >= 0.3 is 0 Å². The zero-order valence-corrected chi connectivity index (χ0v) is 8.81. The number of hydrogen-bond acceptors (Lipinski definition) is 3. The third-order valence-electron chi connectivity index (χ3n) is 2.19. The van der Waals surface area contributed by atoms with Crippen LogP contribution in [-0.4, -0.2) is 16.3 Å². The molecule has 80 valence electrons. The molecule has 0 saturated carbocycles. The summed E-state index contributed by atoms with van der Waals surface area (Å²) in [7, 11) is 0. The quantitative estimate of drug-likeness (QED) is 0.753. The first kappa shape index (κ1) is 9.98. The van der Waals surface area contributed by atoms with Crippen LogP contribution in [0.2, 0.25) is 0 Å². The van der Waals surface area contributed by atoms with Crippen molar-refractivity contribution in [2.24, 2.45) is 0 Å². The Kier molecular flexibility index (Phi) is 3.19. The second-order valence-corrected chi connectivity index (χ2v) is 3.59. The third kappa shape index (κ3) is 2.95. The van der Waals surface area contributed by atoms with E-state index in [2.05, 4.69) is 10.4 Å². The predicted molar refractivity (Wildman–Crippen MR) is 57.4 cm³/mol. The van der Waals surface area contributed by atoms with Crippen LogP contribution >= 0.6 is 0 Å². The Bertz CT molecular complexity index is 392. The van der Waals surface area contributed by atoms with E-state index in [0.29, 0.717) is 0 Å². The average Bonchev–Trinajstić information content (AvgIpc) is 2.84. The minimum atomic E-state index is 0.844. The summed E-state index contributed by atoms with van der Waals surface area (Å²) >= 11 is 0. The number of aromatic nitrogens is 2. The van der Waals surface area contributed by atoms with Crippen molar-refractivity contribution in [3.63, 3.8) is 0 Å². The first-order valence-corrected chi connectivity index (χ1v) is 5.05. The van der Waals surface area contributed by atoms with Gasteiger partial charge in [0.1, 0.15) is 0 Å². The van der Waals surface area contributed by atoms with E-state index in [1.54, 1.807) is 12.5 Å². The van der Waals surface area contributed by atoms with E-state index in [1.807, 2.05) is 30.1 Å². The molecule has 0 atom stereocenters. The number of furan rings is 1. The second kappa shape index (κ2) is 4.79. The fourth-order valence-electron chi connectivity index (χ4n) is 1.41. The Morgan fingerprint density at radius 2 is 2.47 bits per heavy atom. The molecule has 4 heteroatoms. The SMILES string of the molecule is Cc1cnn(CCNCc2ccoc2)c1. The van der Waals surface area contributed by atoms with Gasteiger partial charge in [-0.15, -0.1) is 0 Å². The lowest BCUT2D eigenvalue weighted by molar-refractivity contribution is 0.543. The molecule has 0 spiro atoms.